The zero-order chi connectivity index (χ0) is 35.0. The Hall–Kier alpha value is -4.22. The molecule has 50 heavy (non-hydrogen) atoms. The second-order valence-corrected chi connectivity index (χ2v) is 15.9. The van der Waals surface area contributed by atoms with Crippen molar-refractivity contribution < 1.29 is 23.1 Å². The number of benzene rings is 2. The van der Waals surface area contributed by atoms with Crippen LogP contribution in [0.3, 0.4) is 0 Å². The smallest absolute Gasteiger partial charge is 0.364 e. The van der Waals surface area contributed by atoms with Gasteiger partial charge >= 0.3 is 7.60 Å². The van der Waals surface area contributed by atoms with Gasteiger partial charge in [0.05, 0.1) is 29.9 Å². The highest BCUT2D eigenvalue weighted by Crippen LogP contribution is 2.49. The first-order valence-corrected chi connectivity index (χ1v) is 18.8. The van der Waals surface area contributed by atoms with Crippen LogP contribution in [-0.4, -0.2) is 79.9 Å². The molecule has 3 fully saturated rings. The van der Waals surface area contributed by atoms with E-state index in [0.29, 0.717) is 34.3 Å². The topological polar surface area (TPSA) is 123 Å². The lowest BCUT2D eigenvalue weighted by atomic mass is 9.71. The summed E-state index contributed by atoms with van der Waals surface area (Å²) >= 11 is 0. The fourth-order valence-corrected chi connectivity index (χ4v) is 8.64. The van der Waals surface area contributed by atoms with Gasteiger partial charge in [0.15, 0.2) is 0 Å². The largest absolute Gasteiger partial charge is 0.494 e. The summed E-state index contributed by atoms with van der Waals surface area (Å²) in [6.07, 6.45) is 11.7. The molecule has 2 saturated heterocycles. The number of nitrogens with one attached hydrogen (secondary N) is 2. The molecule has 0 atom stereocenters. The Morgan fingerprint density at radius 3 is 2.38 bits per heavy atom. The van der Waals surface area contributed by atoms with Gasteiger partial charge in [-0.25, -0.2) is 9.97 Å². The Morgan fingerprint density at radius 1 is 1.02 bits per heavy atom. The first kappa shape index (κ1) is 34.2. The van der Waals surface area contributed by atoms with Crippen molar-refractivity contribution in [2.24, 2.45) is 5.41 Å². The zero-order valence-corrected chi connectivity index (χ0v) is 30.2. The molecule has 264 valence electrons. The summed E-state index contributed by atoms with van der Waals surface area (Å²) in [6.45, 7) is 7.71. The fourth-order valence-electron chi connectivity index (χ4n) is 7.47. The summed E-state index contributed by atoms with van der Waals surface area (Å²) in [5, 5.41) is 7.58. The minimum atomic E-state index is -3.75. The van der Waals surface area contributed by atoms with Crippen molar-refractivity contribution in [1.82, 2.24) is 19.4 Å². The molecule has 0 bridgehead atoms. The molecule has 4 heterocycles. The van der Waals surface area contributed by atoms with Crippen molar-refractivity contribution in [2.45, 2.75) is 44.6 Å². The van der Waals surface area contributed by atoms with Gasteiger partial charge in [-0.2, -0.15) is 0 Å². The average molecular weight is 700 g/mol. The van der Waals surface area contributed by atoms with Crippen LogP contribution in [0.4, 0.5) is 23.0 Å². The number of amides is 1. The number of ether oxygens (including phenoxy) is 1. The Balaban J connectivity index is 1.26. The lowest BCUT2D eigenvalue weighted by Crippen LogP contribution is -2.46. The Kier molecular flexibility index (Phi) is 9.47. The molecule has 1 spiro atoms. The lowest BCUT2D eigenvalue weighted by Gasteiger charge is -2.47. The molecular weight excluding hydrogens is 653 g/mol. The molecule has 0 unspecified atom stereocenters. The molecule has 2 N–H and O–H groups in total. The van der Waals surface area contributed by atoms with Crippen LogP contribution in [0.5, 0.6) is 5.75 Å². The molecule has 4 aromatic rings. The number of hydrogen-bond acceptors (Lipinski definition) is 10. The van der Waals surface area contributed by atoms with Gasteiger partial charge < -0.3 is 38.8 Å². The number of rotatable bonds is 11. The van der Waals surface area contributed by atoms with E-state index in [1.54, 1.807) is 7.11 Å². The molecular formula is C37H46N7O5P. The highest BCUT2D eigenvalue weighted by molar-refractivity contribution is 7.62. The van der Waals surface area contributed by atoms with Crippen LogP contribution < -0.4 is 25.6 Å². The number of para-hydroxylation sites is 1. The van der Waals surface area contributed by atoms with Gasteiger partial charge in [0, 0.05) is 68.3 Å². The van der Waals surface area contributed by atoms with Gasteiger partial charge in [0.1, 0.15) is 11.1 Å². The van der Waals surface area contributed by atoms with E-state index in [4.69, 9.17) is 18.8 Å². The highest BCUT2D eigenvalue weighted by Gasteiger charge is 2.38. The third-order valence-corrected chi connectivity index (χ3v) is 12.6. The number of carbonyl (C=O) groups is 1. The van der Waals surface area contributed by atoms with E-state index in [-0.39, 0.29) is 17.2 Å². The molecule has 12 nitrogen and oxygen atoms in total. The molecule has 2 aromatic heterocycles. The number of carbonyl (C=O) groups excluding carboxylic acids is 1. The number of fused-ring (bicyclic) bond motifs is 1. The average Bonchev–Trinajstić information content (AvgIpc) is 3.92. The Labute approximate surface area is 293 Å². The number of likely N-dealkylation sites (tertiary alicyclic amines) is 1. The zero-order valence-electron chi connectivity index (χ0n) is 29.3. The summed E-state index contributed by atoms with van der Waals surface area (Å²) < 4.78 is 32.9. The second-order valence-electron chi connectivity index (χ2n) is 13.7. The first-order valence-electron chi connectivity index (χ1n) is 17.2. The van der Waals surface area contributed by atoms with E-state index in [2.05, 4.69) is 55.9 Å². The van der Waals surface area contributed by atoms with Crippen LogP contribution >= 0.6 is 7.60 Å². The Morgan fingerprint density at radius 2 is 1.72 bits per heavy atom. The van der Waals surface area contributed by atoms with Crippen LogP contribution in [0, 0.1) is 5.41 Å². The minimum absolute atomic E-state index is 0.250. The number of hydrogen-bond donors (Lipinski definition) is 2. The molecule has 1 saturated carbocycles. The maximum atomic E-state index is 13.9. The van der Waals surface area contributed by atoms with Crippen molar-refractivity contribution in [2.75, 3.05) is 70.1 Å². The summed E-state index contributed by atoms with van der Waals surface area (Å²) in [5.41, 5.74) is 4.77. The van der Waals surface area contributed by atoms with Crippen molar-refractivity contribution in [3.8, 4) is 17.0 Å². The monoisotopic (exact) mass is 699 g/mol. The van der Waals surface area contributed by atoms with E-state index in [1.807, 2.05) is 30.3 Å². The predicted molar refractivity (Wildman–Crippen MR) is 198 cm³/mol. The maximum absolute atomic E-state index is 13.9. The summed E-state index contributed by atoms with van der Waals surface area (Å²) in [5.74, 6) is 0.506. The number of methoxy groups -OCH3 is 1. The van der Waals surface area contributed by atoms with Crippen LogP contribution in [0.25, 0.3) is 22.2 Å². The number of piperidine rings is 2. The molecule has 2 aromatic carbocycles. The van der Waals surface area contributed by atoms with Crippen molar-refractivity contribution in [3.63, 3.8) is 0 Å². The molecule has 0 radical (unpaired) electrons. The van der Waals surface area contributed by atoms with Crippen LogP contribution in [0.15, 0.2) is 61.4 Å². The molecule has 13 heteroatoms. The molecule has 2 aliphatic heterocycles. The van der Waals surface area contributed by atoms with Crippen LogP contribution in [-0.2, 0) is 18.4 Å². The third-order valence-electron chi connectivity index (χ3n) is 10.7. The van der Waals surface area contributed by atoms with Gasteiger partial charge in [-0.3, -0.25) is 9.36 Å². The van der Waals surface area contributed by atoms with Crippen molar-refractivity contribution in [3.05, 3.63) is 61.4 Å². The van der Waals surface area contributed by atoms with Crippen molar-refractivity contribution >= 4 is 52.7 Å². The summed E-state index contributed by atoms with van der Waals surface area (Å²) in [4.78, 5) is 27.0. The van der Waals surface area contributed by atoms with Crippen LogP contribution in [0.1, 0.15) is 44.6 Å². The van der Waals surface area contributed by atoms with Gasteiger partial charge in [-0.15, -0.1) is 0 Å². The minimum Gasteiger partial charge on any atom is -0.494 e. The molecule has 1 aliphatic carbocycles. The van der Waals surface area contributed by atoms with E-state index < -0.39 is 7.60 Å². The van der Waals surface area contributed by atoms with Gasteiger partial charge in [-0.1, -0.05) is 24.8 Å². The quantitative estimate of drug-likeness (QED) is 0.129. The van der Waals surface area contributed by atoms with E-state index in [0.717, 1.165) is 74.0 Å². The van der Waals surface area contributed by atoms with Crippen molar-refractivity contribution in [1.29, 1.82) is 0 Å². The highest BCUT2D eigenvalue weighted by atomic mass is 31.2. The molecule has 3 aliphatic rings. The normalized spacial score (nSPS) is 18.0. The van der Waals surface area contributed by atoms with Gasteiger partial charge in [0.2, 0.25) is 11.9 Å². The SMILES string of the molecule is C=CC(=O)Nc1cc(Nc2ncc(P(=O)(OC)OC)c(-c3cn(C4CC4)c4ccccc34)n2)c(OC)cc1N1CCC2(CCN(C)CC2)CC1. The fraction of sp³-hybridized carbons (Fsp3) is 0.432. The summed E-state index contributed by atoms with van der Waals surface area (Å²) in [6, 6.07) is 12.3. The molecule has 1 amide bonds. The van der Waals surface area contributed by atoms with Gasteiger partial charge in [-0.05, 0) is 82.3 Å². The maximum Gasteiger partial charge on any atom is 0.364 e. The Bertz CT molecular complexity index is 1950. The van der Waals surface area contributed by atoms with Crippen LogP contribution in [0.2, 0.25) is 0 Å². The first-order chi connectivity index (χ1) is 24.2. The number of nitrogens with zero attached hydrogens (tertiary/aromatic N) is 5. The van der Waals surface area contributed by atoms with E-state index in [1.165, 1.54) is 39.3 Å². The standard InChI is InChI=1S/C37H46N7O5P/c1-6-34(45)39-28-21-29(32(47-3)22-31(28)43-19-15-37(16-20-43)13-17-42(2)18-14-37)40-36-38-23-33(50(46,48-4)49-5)35(41-36)27-24-44(25-11-12-25)30-10-8-7-9-26(27)30/h6-10,21-25H,1,11-20H2,2-5H3,(H,39,45)(H,38,40,41). The summed E-state index contributed by atoms with van der Waals surface area (Å²) in [7, 11) is 2.78. The lowest BCUT2D eigenvalue weighted by molar-refractivity contribution is -0.111. The van der Waals surface area contributed by atoms with Gasteiger partial charge in [0.25, 0.3) is 0 Å². The molecule has 7 rings (SSSR count). The second kappa shape index (κ2) is 13.8. The third kappa shape index (κ3) is 6.53. The number of anilines is 4. The van der Waals surface area contributed by atoms with E-state index in [9.17, 15) is 9.36 Å². The number of aromatic nitrogens is 3. The van der Waals surface area contributed by atoms with E-state index >= 15 is 0 Å². The predicted octanol–water partition coefficient (Wildman–Crippen LogP) is 6.73.